The third kappa shape index (κ3) is 1.25. The number of aliphatic hydroxyl groups excluding tert-OH is 1. The molecule has 0 radical (unpaired) electrons. The molecule has 2 heterocycles. The normalized spacial score (nSPS) is 45.1. The van der Waals surface area contributed by atoms with Crippen molar-refractivity contribution in [2.75, 3.05) is 7.05 Å². The van der Waals surface area contributed by atoms with E-state index in [0.717, 1.165) is 12.8 Å². The number of hydrogen-bond acceptors (Lipinski definition) is 3. The fraction of sp³-hybridized carbons (Fsp3) is 0.889. The minimum absolute atomic E-state index is 0.0475. The second-order valence-corrected chi connectivity index (χ2v) is 4.13. The van der Waals surface area contributed by atoms with Crippen LogP contribution in [-0.2, 0) is 4.79 Å². The van der Waals surface area contributed by atoms with E-state index in [-0.39, 0.29) is 6.04 Å². The van der Waals surface area contributed by atoms with E-state index in [4.69, 9.17) is 5.11 Å². The largest absolute Gasteiger partial charge is 0.481 e. The van der Waals surface area contributed by atoms with Gasteiger partial charge in [0.05, 0.1) is 12.0 Å². The minimum atomic E-state index is -0.857. The zero-order chi connectivity index (χ0) is 9.59. The van der Waals surface area contributed by atoms with Crippen molar-refractivity contribution in [1.82, 2.24) is 4.90 Å². The van der Waals surface area contributed by atoms with E-state index in [1.807, 2.05) is 7.05 Å². The van der Waals surface area contributed by atoms with Crippen LogP contribution in [0.5, 0.6) is 0 Å². The summed E-state index contributed by atoms with van der Waals surface area (Å²) < 4.78 is 0. The fourth-order valence-electron chi connectivity index (χ4n) is 2.77. The van der Waals surface area contributed by atoms with Gasteiger partial charge in [-0.3, -0.25) is 9.69 Å². The molecule has 4 heteroatoms. The molecule has 2 N–H and O–H groups in total. The van der Waals surface area contributed by atoms with E-state index in [2.05, 4.69) is 4.90 Å². The van der Waals surface area contributed by atoms with Gasteiger partial charge in [0.25, 0.3) is 0 Å². The topological polar surface area (TPSA) is 60.8 Å². The van der Waals surface area contributed by atoms with Gasteiger partial charge >= 0.3 is 5.97 Å². The molecule has 2 bridgehead atoms. The van der Waals surface area contributed by atoms with Crippen LogP contribution in [0.3, 0.4) is 0 Å². The number of carbonyl (C=O) groups is 1. The molecule has 74 valence electrons. The van der Waals surface area contributed by atoms with Gasteiger partial charge in [-0.2, -0.15) is 0 Å². The zero-order valence-electron chi connectivity index (χ0n) is 7.68. The molecule has 0 saturated carbocycles. The molecule has 1 unspecified atom stereocenters. The molecule has 2 rings (SSSR count). The monoisotopic (exact) mass is 185 g/mol. The Labute approximate surface area is 77.2 Å². The lowest BCUT2D eigenvalue weighted by molar-refractivity contribution is -0.151. The second kappa shape index (κ2) is 2.96. The third-order valence-electron chi connectivity index (χ3n) is 3.52. The molecule has 0 amide bonds. The van der Waals surface area contributed by atoms with Gasteiger partial charge in [-0.15, -0.1) is 0 Å². The Morgan fingerprint density at radius 2 is 2.15 bits per heavy atom. The number of aliphatic hydroxyl groups is 1. The maximum Gasteiger partial charge on any atom is 0.310 e. The molecule has 2 saturated heterocycles. The lowest BCUT2D eigenvalue weighted by atomic mass is 9.88. The highest BCUT2D eigenvalue weighted by atomic mass is 16.4. The number of piperidine rings is 1. The Hall–Kier alpha value is -0.610. The van der Waals surface area contributed by atoms with Crippen molar-refractivity contribution < 1.29 is 15.0 Å². The van der Waals surface area contributed by atoms with Crippen molar-refractivity contribution in [3.8, 4) is 0 Å². The first-order chi connectivity index (χ1) is 6.11. The van der Waals surface area contributed by atoms with Gasteiger partial charge in [0.15, 0.2) is 0 Å². The van der Waals surface area contributed by atoms with Crippen LogP contribution in [0.15, 0.2) is 0 Å². The van der Waals surface area contributed by atoms with Crippen LogP contribution in [0.25, 0.3) is 0 Å². The summed E-state index contributed by atoms with van der Waals surface area (Å²) in [6.07, 6.45) is 1.91. The zero-order valence-corrected chi connectivity index (χ0v) is 7.68. The Morgan fingerprint density at radius 3 is 2.77 bits per heavy atom. The molecule has 13 heavy (non-hydrogen) atoms. The minimum Gasteiger partial charge on any atom is -0.481 e. The summed E-state index contributed by atoms with van der Waals surface area (Å²) in [5.41, 5.74) is 0. The molecule has 0 aromatic rings. The van der Waals surface area contributed by atoms with Crippen LogP contribution in [0.1, 0.15) is 19.3 Å². The molecular formula is C9H15NO3. The van der Waals surface area contributed by atoms with Crippen LogP contribution in [0.2, 0.25) is 0 Å². The Bertz CT molecular complexity index is 231. The van der Waals surface area contributed by atoms with Crippen molar-refractivity contribution in [1.29, 1.82) is 0 Å². The van der Waals surface area contributed by atoms with Crippen LogP contribution in [0.4, 0.5) is 0 Å². The van der Waals surface area contributed by atoms with Gasteiger partial charge in [-0.1, -0.05) is 0 Å². The highest BCUT2D eigenvalue weighted by Crippen LogP contribution is 2.38. The molecule has 4 nitrogen and oxygen atoms in total. The van der Waals surface area contributed by atoms with Crippen LogP contribution in [-0.4, -0.2) is 46.3 Å². The van der Waals surface area contributed by atoms with E-state index < -0.39 is 18.0 Å². The highest BCUT2D eigenvalue weighted by molar-refractivity contribution is 5.72. The first-order valence-corrected chi connectivity index (χ1v) is 4.74. The Morgan fingerprint density at radius 1 is 1.46 bits per heavy atom. The van der Waals surface area contributed by atoms with E-state index in [9.17, 15) is 9.90 Å². The van der Waals surface area contributed by atoms with Gasteiger partial charge in [-0.05, 0) is 26.3 Å². The van der Waals surface area contributed by atoms with Crippen molar-refractivity contribution in [3.63, 3.8) is 0 Å². The summed E-state index contributed by atoms with van der Waals surface area (Å²) in [4.78, 5) is 13.0. The summed E-state index contributed by atoms with van der Waals surface area (Å²) >= 11 is 0. The van der Waals surface area contributed by atoms with Crippen LogP contribution >= 0.6 is 0 Å². The number of carboxylic acids is 1. The molecule has 0 aromatic carbocycles. The van der Waals surface area contributed by atoms with Gasteiger partial charge in [0.2, 0.25) is 0 Å². The van der Waals surface area contributed by atoms with Crippen LogP contribution in [0, 0.1) is 5.92 Å². The molecule has 0 spiro atoms. The molecule has 0 aliphatic carbocycles. The van der Waals surface area contributed by atoms with E-state index in [1.165, 1.54) is 0 Å². The SMILES string of the molecule is CN1[C@@H]2CC[C@H]1C(C(=O)O)[C@@H](O)C2. The second-order valence-electron chi connectivity index (χ2n) is 4.13. The molecule has 4 atom stereocenters. The predicted octanol–water partition coefficient (Wildman–Crippen LogP) is -0.0854. The molecule has 2 fully saturated rings. The number of rotatable bonds is 1. The van der Waals surface area contributed by atoms with Gasteiger partial charge in [-0.25, -0.2) is 0 Å². The van der Waals surface area contributed by atoms with Gasteiger partial charge in [0, 0.05) is 12.1 Å². The van der Waals surface area contributed by atoms with E-state index in [0.29, 0.717) is 12.5 Å². The lowest BCUT2D eigenvalue weighted by Crippen LogP contribution is -2.51. The van der Waals surface area contributed by atoms with Gasteiger partial charge in [0.1, 0.15) is 0 Å². The molecule has 0 aromatic heterocycles. The van der Waals surface area contributed by atoms with E-state index >= 15 is 0 Å². The third-order valence-corrected chi connectivity index (χ3v) is 3.52. The molecule has 2 aliphatic heterocycles. The average Bonchev–Trinajstić information content (AvgIpc) is 2.34. The summed E-state index contributed by atoms with van der Waals surface area (Å²) in [6.45, 7) is 0. The average molecular weight is 185 g/mol. The molecular weight excluding hydrogens is 170 g/mol. The number of carboxylic acid groups (broad SMARTS) is 1. The maximum atomic E-state index is 10.9. The predicted molar refractivity (Wildman–Crippen MR) is 46.3 cm³/mol. The van der Waals surface area contributed by atoms with E-state index in [1.54, 1.807) is 0 Å². The lowest BCUT2D eigenvalue weighted by Gasteiger charge is -2.38. The van der Waals surface area contributed by atoms with Crippen molar-refractivity contribution in [3.05, 3.63) is 0 Å². The number of aliphatic carboxylic acids is 1. The van der Waals surface area contributed by atoms with Crippen molar-refractivity contribution in [2.45, 2.75) is 37.5 Å². The number of nitrogens with zero attached hydrogens (tertiary/aromatic N) is 1. The summed E-state index contributed by atoms with van der Waals surface area (Å²) in [6, 6.07) is 0.446. The summed E-state index contributed by atoms with van der Waals surface area (Å²) in [7, 11) is 1.96. The molecule has 2 aliphatic rings. The number of fused-ring (bicyclic) bond motifs is 2. The fourth-order valence-corrected chi connectivity index (χ4v) is 2.77. The smallest absolute Gasteiger partial charge is 0.310 e. The van der Waals surface area contributed by atoms with Gasteiger partial charge < -0.3 is 10.2 Å². The highest BCUT2D eigenvalue weighted by Gasteiger charge is 2.48. The number of hydrogen-bond donors (Lipinski definition) is 2. The first kappa shape index (κ1) is 8.97. The van der Waals surface area contributed by atoms with Crippen molar-refractivity contribution in [2.24, 2.45) is 5.92 Å². The Balaban J connectivity index is 2.21. The Kier molecular flexibility index (Phi) is 2.04. The first-order valence-electron chi connectivity index (χ1n) is 4.74. The summed E-state index contributed by atoms with van der Waals surface area (Å²) in [5, 5.41) is 18.6. The van der Waals surface area contributed by atoms with Crippen molar-refractivity contribution >= 4 is 5.97 Å². The van der Waals surface area contributed by atoms with Crippen LogP contribution < -0.4 is 0 Å². The summed E-state index contributed by atoms with van der Waals surface area (Å²) in [5.74, 6) is -1.44. The maximum absolute atomic E-state index is 10.9. The standard InChI is InChI=1S/C9H15NO3/c1-10-5-2-3-6(10)8(9(12)13)7(11)4-5/h5-8,11H,2-4H2,1H3,(H,12,13)/t5-,6+,7+,8?/m1/s1. The quantitative estimate of drug-likeness (QED) is 0.599.